The highest BCUT2D eigenvalue weighted by Gasteiger charge is 2.34. The number of hydrogen-bond donors (Lipinski definition) is 1. The Labute approximate surface area is 93.0 Å². The molecular weight excluding hydrogens is 253 g/mol. The van der Waals surface area contributed by atoms with Crippen molar-refractivity contribution in [2.24, 2.45) is 5.73 Å². The molecule has 1 rings (SSSR count). The Hall–Kier alpha value is -0.880. The lowest BCUT2D eigenvalue weighted by Crippen LogP contribution is -2.19. The number of nitrogens with two attached hydrogens (primary N) is 1. The van der Waals surface area contributed by atoms with E-state index in [2.05, 4.69) is 0 Å². The average molecular weight is 260 g/mol. The van der Waals surface area contributed by atoms with Crippen molar-refractivity contribution in [2.75, 3.05) is 0 Å². The molecule has 0 saturated carbocycles. The standard InChI is InChI=1S/C9H7ClF5N/c10-6-2-1-4(7(16)8(11)12)3-5(6)9(13,14)15/h1-3,7-8H,16H2/t7-/m0/s1. The highest BCUT2D eigenvalue weighted by atomic mass is 35.5. The van der Waals surface area contributed by atoms with E-state index in [1.165, 1.54) is 0 Å². The molecule has 1 aromatic rings. The van der Waals surface area contributed by atoms with Crippen molar-refractivity contribution in [1.29, 1.82) is 0 Å². The first kappa shape index (κ1) is 13.2. The van der Waals surface area contributed by atoms with E-state index < -0.39 is 29.2 Å². The van der Waals surface area contributed by atoms with Crippen LogP contribution in [0.1, 0.15) is 17.2 Å². The van der Waals surface area contributed by atoms with E-state index in [1.807, 2.05) is 0 Å². The summed E-state index contributed by atoms with van der Waals surface area (Å²) in [5.41, 5.74) is 3.58. The molecule has 0 spiro atoms. The molecule has 1 nitrogen and oxygen atoms in total. The molecule has 1 atom stereocenters. The monoisotopic (exact) mass is 259 g/mol. The van der Waals surface area contributed by atoms with Gasteiger partial charge >= 0.3 is 6.18 Å². The Morgan fingerprint density at radius 2 is 1.75 bits per heavy atom. The van der Waals surface area contributed by atoms with Crippen LogP contribution in [0.2, 0.25) is 5.02 Å². The summed E-state index contributed by atoms with van der Waals surface area (Å²) >= 11 is 5.32. The smallest absolute Gasteiger partial charge is 0.319 e. The van der Waals surface area contributed by atoms with E-state index in [0.717, 1.165) is 12.1 Å². The Bertz CT molecular complexity index is 377. The molecule has 7 heteroatoms. The third kappa shape index (κ3) is 2.82. The van der Waals surface area contributed by atoms with Gasteiger partial charge in [0.15, 0.2) is 0 Å². The second kappa shape index (κ2) is 4.55. The maximum atomic E-state index is 12.4. The minimum atomic E-state index is -4.69. The lowest BCUT2D eigenvalue weighted by Gasteiger charge is -2.14. The molecule has 0 fully saturated rings. The second-order valence-corrected chi connectivity index (χ2v) is 3.50. The van der Waals surface area contributed by atoms with Crippen LogP contribution < -0.4 is 5.73 Å². The highest BCUT2D eigenvalue weighted by Crippen LogP contribution is 2.36. The van der Waals surface area contributed by atoms with Crippen LogP contribution >= 0.6 is 11.6 Å². The van der Waals surface area contributed by atoms with Crippen molar-refractivity contribution in [3.8, 4) is 0 Å². The van der Waals surface area contributed by atoms with E-state index in [0.29, 0.717) is 6.07 Å². The van der Waals surface area contributed by atoms with Crippen LogP contribution in [0.4, 0.5) is 22.0 Å². The molecule has 0 aromatic heterocycles. The maximum absolute atomic E-state index is 12.4. The molecule has 0 amide bonds. The largest absolute Gasteiger partial charge is 0.417 e. The zero-order valence-corrected chi connectivity index (χ0v) is 8.49. The van der Waals surface area contributed by atoms with Crippen LogP contribution in [0, 0.1) is 0 Å². The Morgan fingerprint density at radius 3 is 2.19 bits per heavy atom. The van der Waals surface area contributed by atoms with Crippen LogP contribution in [0.25, 0.3) is 0 Å². The summed E-state index contributed by atoms with van der Waals surface area (Å²) in [7, 11) is 0. The normalized spacial score (nSPS) is 14.2. The van der Waals surface area contributed by atoms with Crippen molar-refractivity contribution in [1.82, 2.24) is 0 Å². The first-order valence-electron chi connectivity index (χ1n) is 4.14. The molecule has 0 aliphatic carbocycles. The summed E-state index contributed by atoms with van der Waals surface area (Å²) < 4.78 is 61.5. The van der Waals surface area contributed by atoms with E-state index in [4.69, 9.17) is 17.3 Å². The van der Waals surface area contributed by atoms with Crippen molar-refractivity contribution < 1.29 is 22.0 Å². The topological polar surface area (TPSA) is 26.0 Å². The van der Waals surface area contributed by atoms with Gasteiger partial charge in [-0.3, -0.25) is 0 Å². The lowest BCUT2D eigenvalue weighted by molar-refractivity contribution is -0.137. The number of hydrogen-bond acceptors (Lipinski definition) is 1. The van der Waals surface area contributed by atoms with Crippen molar-refractivity contribution in [3.63, 3.8) is 0 Å². The molecule has 0 saturated heterocycles. The van der Waals surface area contributed by atoms with Gasteiger partial charge in [0, 0.05) is 0 Å². The van der Waals surface area contributed by atoms with Crippen LogP contribution in [-0.4, -0.2) is 6.43 Å². The zero-order chi connectivity index (χ0) is 12.5. The van der Waals surface area contributed by atoms with Crippen LogP contribution in [0.5, 0.6) is 0 Å². The van der Waals surface area contributed by atoms with Crippen LogP contribution in [0.15, 0.2) is 18.2 Å². The molecule has 1 aromatic carbocycles. The molecule has 0 aliphatic heterocycles. The SMILES string of the molecule is N[C@@H](c1ccc(Cl)c(C(F)(F)F)c1)C(F)F. The minimum Gasteiger partial charge on any atom is -0.319 e. The van der Waals surface area contributed by atoms with Gasteiger partial charge in [-0.15, -0.1) is 0 Å². The fraction of sp³-hybridized carbons (Fsp3) is 0.333. The number of rotatable bonds is 2. The molecule has 0 unspecified atom stereocenters. The van der Waals surface area contributed by atoms with Gasteiger partial charge in [-0.25, -0.2) is 8.78 Å². The molecule has 0 heterocycles. The van der Waals surface area contributed by atoms with Crippen molar-refractivity contribution in [3.05, 3.63) is 34.3 Å². The highest BCUT2D eigenvalue weighted by molar-refractivity contribution is 6.31. The maximum Gasteiger partial charge on any atom is 0.417 e. The lowest BCUT2D eigenvalue weighted by atomic mass is 10.0. The van der Waals surface area contributed by atoms with Gasteiger partial charge in [0.05, 0.1) is 16.6 Å². The van der Waals surface area contributed by atoms with Gasteiger partial charge in [-0.2, -0.15) is 13.2 Å². The van der Waals surface area contributed by atoms with Crippen LogP contribution in [0.3, 0.4) is 0 Å². The van der Waals surface area contributed by atoms with Gasteiger partial charge in [0.1, 0.15) is 0 Å². The predicted octanol–water partition coefficient (Wildman–Crippen LogP) is 3.62. The van der Waals surface area contributed by atoms with Gasteiger partial charge < -0.3 is 5.73 Å². The quantitative estimate of drug-likeness (QED) is 0.807. The van der Waals surface area contributed by atoms with Gasteiger partial charge in [-0.05, 0) is 17.7 Å². The Kier molecular flexibility index (Phi) is 3.75. The van der Waals surface area contributed by atoms with E-state index >= 15 is 0 Å². The summed E-state index contributed by atoms with van der Waals surface area (Å²) in [4.78, 5) is 0. The summed E-state index contributed by atoms with van der Waals surface area (Å²) in [6.07, 6.45) is -7.61. The first-order valence-corrected chi connectivity index (χ1v) is 4.51. The van der Waals surface area contributed by atoms with Gasteiger partial charge in [0.25, 0.3) is 6.43 Å². The Balaban J connectivity index is 3.18. The molecule has 0 aliphatic rings. The molecule has 2 N–H and O–H groups in total. The first-order chi connectivity index (χ1) is 7.23. The number of benzene rings is 1. The molecule has 0 bridgehead atoms. The molecular formula is C9H7ClF5N. The van der Waals surface area contributed by atoms with E-state index in [1.54, 1.807) is 0 Å². The summed E-state index contributed by atoms with van der Waals surface area (Å²) in [6, 6.07) is 0.744. The van der Waals surface area contributed by atoms with E-state index in [-0.39, 0.29) is 5.56 Å². The van der Waals surface area contributed by atoms with Gasteiger partial charge in [-0.1, -0.05) is 17.7 Å². The van der Waals surface area contributed by atoms with Crippen molar-refractivity contribution in [2.45, 2.75) is 18.6 Å². The van der Waals surface area contributed by atoms with Crippen molar-refractivity contribution >= 4 is 11.6 Å². The van der Waals surface area contributed by atoms with E-state index in [9.17, 15) is 22.0 Å². The number of halogens is 6. The van der Waals surface area contributed by atoms with Crippen LogP contribution in [-0.2, 0) is 6.18 Å². The zero-order valence-electron chi connectivity index (χ0n) is 7.73. The summed E-state index contributed by atoms with van der Waals surface area (Å²) in [5, 5.41) is -0.544. The predicted molar refractivity (Wildman–Crippen MR) is 49.4 cm³/mol. The average Bonchev–Trinajstić information content (AvgIpc) is 2.15. The summed E-state index contributed by atoms with van der Waals surface area (Å²) in [6.45, 7) is 0. The third-order valence-electron chi connectivity index (χ3n) is 1.95. The Morgan fingerprint density at radius 1 is 1.19 bits per heavy atom. The molecule has 90 valence electrons. The van der Waals surface area contributed by atoms with Gasteiger partial charge in [0.2, 0.25) is 0 Å². The molecule has 16 heavy (non-hydrogen) atoms. The summed E-state index contributed by atoms with van der Waals surface area (Å²) in [5.74, 6) is 0. The fourth-order valence-corrected chi connectivity index (χ4v) is 1.34. The second-order valence-electron chi connectivity index (χ2n) is 3.10. The molecule has 0 radical (unpaired) electrons. The minimum absolute atomic E-state index is 0.299. The fourth-order valence-electron chi connectivity index (χ4n) is 1.11. The third-order valence-corrected chi connectivity index (χ3v) is 2.28. The number of alkyl halides is 5.